The number of anilines is 1. The Morgan fingerprint density at radius 2 is 1.80 bits per heavy atom. The van der Waals surface area contributed by atoms with E-state index in [9.17, 15) is 22.8 Å². The lowest BCUT2D eigenvalue weighted by Gasteiger charge is -2.17. The number of nitrogens with one attached hydrogen (secondary N) is 1. The van der Waals surface area contributed by atoms with Gasteiger partial charge in [0.15, 0.2) is 0 Å². The number of sulfonamides is 1. The quantitative estimate of drug-likeness (QED) is 0.538. The van der Waals surface area contributed by atoms with Gasteiger partial charge in [-0.2, -0.15) is 0 Å². The monoisotopic (exact) mass is 498 g/mol. The van der Waals surface area contributed by atoms with E-state index in [1.165, 1.54) is 29.8 Å². The third-order valence-electron chi connectivity index (χ3n) is 6.62. The Morgan fingerprint density at radius 1 is 1.09 bits per heavy atom. The van der Waals surface area contributed by atoms with Crippen LogP contribution in [0.15, 0.2) is 50.9 Å². The van der Waals surface area contributed by atoms with Gasteiger partial charge < -0.3 is 4.90 Å². The Kier molecular flexibility index (Phi) is 6.84. The predicted octanol–water partition coefficient (Wildman–Crippen LogP) is 2.38. The molecular weight excluding hydrogens is 468 g/mol. The highest BCUT2D eigenvalue weighted by molar-refractivity contribution is 7.92. The fourth-order valence-electron chi connectivity index (χ4n) is 4.55. The zero-order valence-electron chi connectivity index (χ0n) is 20.2. The number of hydrogen-bond acceptors (Lipinski definition) is 5. The molecule has 0 radical (unpaired) electrons. The van der Waals surface area contributed by atoms with Crippen molar-refractivity contribution in [2.24, 2.45) is 7.05 Å². The highest BCUT2D eigenvalue weighted by atomic mass is 32.2. The van der Waals surface area contributed by atoms with Crippen molar-refractivity contribution in [2.75, 3.05) is 17.8 Å². The molecule has 0 spiro atoms. The number of amides is 1. The largest absolute Gasteiger partial charge is 0.343 e. The number of para-hydroxylation sites is 1. The summed E-state index contributed by atoms with van der Waals surface area (Å²) in [7, 11) is -2.47. The van der Waals surface area contributed by atoms with E-state index in [1.807, 2.05) is 32.0 Å². The summed E-state index contributed by atoms with van der Waals surface area (Å²) >= 11 is 0. The third-order valence-corrected chi connectivity index (χ3v) is 7.96. The molecule has 1 N–H and O–H groups in total. The zero-order valence-corrected chi connectivity index (χ0v) is 21.0. The number of hydrogen-bond donors (Lipinski definition) is 1. The van der Waals surface area contributed by atoms with Gasteiger partial charge in [0.05, 0.1) is 21.5 Å². The fraction of sp³-hybridized carbons (Fsp3) is 0.400. The molecule has 4 rings (SSSR count). The zero-order chi connectivity index (χ0) is 25.3. The first-order valence-corrected chi connectivity index (χ1v) is 13.2. The first-order valence-electron chi connectivity index (χ1n) is 11.8. The summed E-state index contributed by atoms with van der Waals surface area (Å²) in [5.74, 6) is -0.0953. The van der Waals surface area contributed by atoms with Crippen LogP contribution >= 0.6 is 0 Å². The molecule has 0 atom stereocenters. The van der Waals surface area contributed by atoms with E-state index >= 15 is 0 Å². The average molecular weight is 499 g/mol. The van der Waals surface area contributed by atoms with Gasteiger partial charge in [0.1, 0.15) is 0 Å². The molecule has 2 heterocycles. The van der Waals surface area contributed by atoms with Crippen molar-refractivity contribution < 1.29 is 13.2 Å². The lowest BCUT2D eigenvalue weighted by Crippen LogP contribution is -2.40. The molecule has 0 saturated carbocycles. The van der Waals surface area contributed by atoms with Crippen LogP contribution in [-0.2, 0) is 34.8 Å². The van der Waals surface area contributed by atoms with Crippen molar-refractivity contribution in [1.29, 1.82) is 0 Å². The molecule has 0 bridgehead atoms. The number of rotatable bonds is 7. The molecule has 10 heteroatoms. The molecular formula is C25H30N4O5S. The second kappa shape index (κ2) is 9.69. The smallest absolute Gasteiger partial charge is 0.331 e. The van der Waals surface area contributed by atoms with Crippen molar-refractivity contribution >= 4 is 32.5 Å². The summed E-state index contributed by atoms with van der Waals surface area (Å²) < 4.78 is 31.5. The van der Waals surface area contributed by atoms with Crippen molar-refractivity contribution in [2.45, 2.75) is 51.0 Å². The maximum absolute atomic E-state index is 13.2. The molecule has 1 aliphatic rings. The molecule has 1 amide bonds. The Balaban J connectivity index is 1.72. The normalized spacial score (nSPS) is 14.0. The van der Waals surface area contributed by atoms with E-state index in [2.05, 4.69) is 4.72 Å². The van der Waals surface area contributed by atoms with Crippen LogP contribution in [0.25, 0.3) is 10.9 Å². The molecule has 1 fully saturated rings. The lowest BCUT2D eigenvalue weighted by molar-refractivity contribution is -0.130. The molecule has 3 aromatic rings. The van der Waals surface area contributed by atoms with Crippen LogP contribution in [0.4, 0.5) is 5.69 Å². The highest BCUT2D eigenvalue weighted by Gasteiger charge is 2.21. The first kappa shape index (κ1) is 24.7. The van der Waals surface area contributed by atoms with Gasteiger partial charge in [-0.05, 0) is 55.5 Å². The molecule has 2 aromatic carbocycles. The summed E-state index contributed by atoms with van der Waals surface area (Å²) in [4.78, 5) is 40.2. The van der Waals surface area contributed by atoms with Crippen LogP contribution in [0.5, 0.6) is 0 Å². The highest BCUT2D eigenvalue weighted by Crippen LogP contribution is 2.25. The molecule has 0 aliphatic carbocycles. The SMILES string of the molecule is CCc1cccc(C)c1NS(=O)(=O)c1ccc2c(c1)c(=O)n(CCC(=O)N1CCCC1)c(=O)n2C. The number of fused-ring (bicyclic) bond motifs is 1. The Hall–Kier alpha value is -3.40. The number of nitrogens with zero attached hydrogens (tertiary/aromatic N) is 3. The van der Waals surface area contributed by atoms with Gasteiger partial charge in [0.25, 0.3) is 15.6 Å². The molecule has 186 valence electrons. The van der Waals surface area contributed by atoms with Crippen LogP contribution in [0.2, 0.25) is 0 Å². The Bertz CT molecular complexity index is 1520. The van der Waals surface area contributed by atoms with Gasteiger partial charge in [-0.1, -0.05) is 25.1 Å². The van der Waals surface area contributed by atoms with Gasteiger partial charge in [0, 0.05) is 33.1 Å². The lowest BCUT2D eigenvalue weighted by atomic mass is 10.1. The number of carbonyl (C=O) groups is 1. The molecule has 9 nitrogen and oxygen atoms in total. The fourth-order valence-corrected chi connectivity index (χ4v) is 5.75. The summed E-state index contributed by atoms with van der Waals surface area (Å²) in [5, 5.41) is 0.101. The van der Waals surface area contributed by atoms with E-state index in [1.54, 1.807) is 4.90 Å². The number of aromatic nitrogens is 2. The van der Waals surface area contributed by atoms with Gasteiger partial charge >= 0.3 is 5.69 Å². The minimum atomic E-state index is -4.00. The number of benzene rings is 2. The third kappa shape index (κ3) is 4.75. The summed E-state index contributed by atoms with van der Waals surface area (Å²) in [6.07, 6.45) is 2.60. The van der Waals surface area contributed by atoms with Crippen molar-refractivity contribution in [1.82, 2.24) is 14.0 Å². The number of likely N-dealkylation sites (tertiary alicyclic amines) is 1. The average Bonchev–Trinajstić information content (AvgIpc) is 3.38. The minimum absolute atomic E-state index is 0.0350. The van der Waals surface area contributed by atoms with E-state index in [0.717, 1.165) is 28.5 Å². The summed E-state index contributed by atoms with van der Waals surface area (Å²) in [6, 6.07) is 9.71. The second-order valence-electron chi connectivity index (χ2n) is 8.88. The maximum atomic E-state index is 13.2. The van der Waals surface area contributed by atoms with E-state index in [0.29, 0.717) is 30.7 Å². The molecule has 35 heavy (non-hydrogen) atoms. The van der Waals surface area contributed by atoms with Gasteiger partial charge in [-0.25, -0.2) is 13.2 Å². The minimum Gasteiger partial charge on any atom is -0.343 e. The van der Waals surface area contributed by atoms with Crippen LogP contribution in [0.3, 0.4) is 0 Å². The van der Waals surface area contributed by atoms with Crippen LogP contribution < -0.4 is 16.0 Å². The first-order chi connectivity index (χ1) is 16.6. The van der Waals surface area contributed by atoms with E-state index < -0.39 is 21.3 Å². The molecule has 1 aromatic heterocycles. The Labute approximate surface area is 204 Å². The summed E-state index contributed by atoms with van der Waals surface area (Å²) in [5.41, 5.74) is 1.35. The van der Waals surface area contributed by atoms with Crippen LogP contribution in [0, 0.1) is 6.92 Å². The van der Waals surface area contributed by atoms with Crippen molar-refractivity contribution in [3.63, 3.8) is 0 Å². The van der Waals surface area contributed by atoms with Gasteiger partial charge in [-0.15, -0.1) is 0 Å². The van der Waals surface area contributed by atoms with E-state index in [4.69, 9.17) is 0 Å². The van der Waals surface area contributed by atoms with Gasteiger partial charge in [0.2, 0.25) is 5.91 Å². The van der Waals surface area contributed by atoms with Crippen LogP contribution in [0.1, 0.15) is 37.3 Å². The standard InChI is InChI=1S/C25H30N4O5S/c1-4-18-9-7-8-17(2)23(18)26-35(33,34)19-10-11-21-20(16-19)24(31)29(25(32)27(21)3)15-12-22(30)28-13-5-6-14-28/h7-11,16,26H,4-6,12-15H2,1-3H3. The van der Waals surface area contributed by atoms with Crippen LogP contribution in [-0.4, -0.2) is 41.4 Å². The van der Waals surface area contributed by atoms with Gasteiger partial charge in [-0.3, -0.25) is 23.4 Å². The van der Waals surface area contributed by atoms with E-state index in [-0.39, 0.29) is 29.2 Å². The number of aryl methyl sites for hydroxylation is 3. The summed E-state index contributed by atoms with van der Waals surface area (Å²) in [6.45, 7) is 5.10. The predicted molar refractivity (Wildman–Crippen MR) is 135 cm³/mol. The molecule has 0 unspecified atom stereocenters. The Morgan fingerprint density at radius 3 is 2.49 bits per heavy atom. The van der Waals surface area contributed by atoms with Crippen molar-refractivity contribution in [3.05, 3.63) is 68.4 Å². The number of carbonyl (C=O) groups excluding carboxylic acids is 1. The molecule has 1 aliphatic heterocycles. The second-order valence-corrected chi connectivity index (χ2v) is 10.6. The van der Waals surface area contributed by atoms with Crippen molar-refractivity contribution in [3.8, 4) is 0 Å². The topological polar surface area (TPSA) is 110 Å². The molecule has 1 saturated heterocycles. The maximum Gasteiger partial charge on any atom is 0.331 e.